The third-order valence-electron chi connectivity index (χ3n) is 6.96. The second kappa shape index (κ2) is 9.97. The number of benzene rings is 3. The van der Waals surface area contributed by atoms with Gasteiger partial charge in [-0.3, -0.25) is 19.6 Å². The highest BCUT2D eigenvalue weighted by Crippen LogP contribution is 2.22. The minimum atomic E-state index is -0.601. The van der Waals surface area contributed by atoms with E-state index in [1.165, 1.54) is 35.0 Å². The zero-order chi connectivity index (χ0) is 27.0. The van der Waals surface area contributed by atoms with Crippen molar-refractivity contribution >= 4 is 18.0 Å². The lowest BCUT2D eigenvalue weighted by atomic mass is 10.0. The maximum atomic E-state index is 13.7. The van der Waals surface area contributed by atoms with Crippen molar-refractivity contribution in [3.05, 3.63) is 128 Å². The van der Waals surface area contributed by atoms with Crippen LogP contribution >= 0.6 is 0 Å². The van der Waals surface area contributed by atoms with Crippen LogP contribution in [0.25, 0.3) is 11.8 Å². The zero-order valence-electron chi connectivity index (χ0n) is 21.3. The number of aromatic amines is 1. The molecular weight excluding hydrogens is 483 g/mol. The van der Waals surface area contributed by atoms with Gasteiger partial charge in [0.1, 0.15) is 11.5 Å². The fourth-order valence-corrected chi connectivity index (χ4v) is 4.56. The van der Waals surface area contributed by atoms with Crippen molar-refractivity contribution in [2.24, 2.45) is 0 Å². The smallest absolute Gasteiger partial charge is 0.303 e. The number of nitrogens with one attached hydrogen (secondary N) is 2. The molecule has 0 saturated carbocycles. The molecule has 2 N–H and O–H groups in total. The first-order valence-corrected chi connectivity index (χ1v) is 12.3. The predicted molar refractivity (Wildman–Crippen MR) is 143 cm³/mol. The highest BCUT2D eigenvalue weighted by atomic mass is 19.1. The van der Waals surface area contributed by atoms with E-state index in [-0.39, 0.29) is 17.8 Å². The minimum absolute atomic E-state index is 0.00681. The molecule has 1 aliphatic heterocycles. The van der Waals surface area contributed by atoms with Gasteiger partial charge in [-0.15, -0.1) is 0 Å². The molecule has 5 rings (SSSR count). The molecule has 0 aliphatic carbocycles. The Labute approximate surface area is 219 Å². The third-order valence-corrected chi connectivity index (χ3v) is 6.96. The van der Waals surface area contributed by atoms with Gasteiger partial charge in [-0.1, -0.05) is 48.5 Å². The van der Waals surface area contributed by atoms with Crippen LogP contribution in [0.1, 0.15) is 39.1 Å². The Balaban J connectivity index is 1.57. The van der Waals surface area contributed by atoms with Crippen LogP contribution in [0.15, 0.2) is 77.2 Å². The van der Waals surface area contributed by atoms with Gasteiger partial charge in [-0.05, 0) is 72.9 Å². The molecule has 1 aliphatic rings. The maximum absolute atomic E-state index is 13.7. The Hall–Kier alpha value is -4.72. The van der Waals surface area contributed by atoms with E-state index in [1.807, 2.05) is 63.2 Å². The summed E-state index contributed by atoms with van der Waals surface area (Å²) in [4.78, 5) is 40.6. The fourth-order valence-electron chi connectivity index (χ4n) is 4.56. The molecule has 0 atom stereocenters. The van der Waals surface area contributed by atoms with Crippen LogP contribution in [0.2, 0.25) is 0 Å². The Morgan fingerprint density at radius 1 is 0.868 bits per heavy atom. The molecule has 1 fully saturated rings. The largest absolute Gasteiger partial charge is 0.329 e. The predicted octanol–water partition coefficient (Wildman–Crippen LogP) is 4.91. The second-order valence-corrected chi connectivity index (χ2v) is 9.47. The van der Waals surface area contributed by atoms with Crippen LogP contribution in [0, 0.1) is 26.6 Å². The SMILES string of the molecule is Cc1ccccc1Cc1[nH]n(-c2cccc(C)c2C)c(=O)c1/C=C1\NC(=O)N(Cc2ccc(F)cc2)C1=O. The number of carbonyl (C=O) groups excluding carboxylic acids is 2. The van der Waals surface area contributed by atoms with Crippen molar-refractivity contribution in [1.29, 1.82) is 0 Å². The van der Waals surface area contributed by atoms with Gasteiger partial charge in [-0.2, -0.15) is 0 Å². The van der Waals surface area contributed by atoms with Crippen molar-refractivity contribution in [3.8, 4) is 5.69 Å². The molecule has 1 aromatic heterocycles. The summed E-state index contributed by atoms with van der Waals surface area (Å²) in [6.45, 7) is 5.91. The number of H-pyrrole nitrogens is 1. The first kappa shape index (κ1) is 25.0. The van der Waals surface area contributed by atoms with Crippen LogP contribution in [0.5, 0.6) is 0 Å². The average molecular weight is 511 g/mol. The standard InChI is InChI=1S/C30H27FN4O3/c1-18-8-6-10-27(20(18)3)35-28(36)24(25(33-35)15-22-9-5-4-7-19(22)2)16-26-29(37)34(30(38)32-26)17-21-11-13-23(31)14-12-21/h4-14,16,33H,15,17H2,1-3H3,(H,32,38)/b26-16-. The van der Waals surface area contributed by atoms with Crippen LogP contribution in [0.3, 0.4) is 0 Å². The van der Waals surface area contributed by atoms with Gasteiger partial charge in [0, 0.05) is 12.1 Å². The first-order valence-electron chi connectivity index (χ1n) is 12.3. The van der Waals surface area contributed by atoms with Crippen molar-refractivity contribution in [2.45, 2.75) is 33.7 Å². The van der Waals surface area contributed by atoms with Gasteiger partial charge >= 0.3 is 6.03 Å². The topological polar surface area (TPSA) is 87.2 Å². The number of imide groups is 1. The molecular formula is C30H27FN4O3. The van der Waals surface area contributed by atoms with E-state index in [4.69, 9.17) is 0 Å². The molecule has 3 aromatic carbocycles. The number of nitrogens with zero attached hydrogens (tertiary/aromatic N) is 2. The van der Waals surface area contributed by atoms with E-state index < -0.39 is 17.8 Å². The summed E-state index contributed by atoms with van der Waals surface area (Å²) in [5.41, 5.74) is 6.01. The molecule has 0 radical (unpaired) electrons. The monoisotopic (exact) mass is 510 g/mol. The maximum Gasteiger partial charge on any atom is 0.329 e. The Bertz CT molecular complexity index is 1650. The lowest BCUT2D eigenvalue weighted by molar-refractivity contribution is -0.123. The van der Waals surface area contributed by atoms with E-state index in [9.17, 15) is 18.8 Å². The molecule has 38 heavy (non-hydrogen) atoms. The Morgan fingerprint density at radius 2 is 1.58 bits per heavy atom. The normalized spacial score (nSPS) is 14.4. The number of halogens is 1. The fraction of sp³-hybridized carbons (Fsp3) is 0.167. The van der Waals surface area contributed by atoms with Crippen molar-refractivity contribution < 1.29 is 14.0 Å². The number of carbonyl (C=O) groups is 2. The first-order chi connectivity index (χ1) is 18.2. The Morgan fingerprint density at radius 3 is 2.32 bits per heavy atom. The van der Waals surface area contributed by atoms with E-state index in [2.05, 4.69) is 10.4 Å². The molecule has 3 amide bonds. The molecule has 4 aromatic rings. The second-order valence-electron chi connectivity index (χ2n) is 9.47. The summed E-state index contributed by atoms with van der Waals surface area (Å²) in [6.07, 6.45) is 1.87. The number of amides is 3. The van der Waals surface area contributed by atoms with Gasteiger partial charge in [0.25, 0.3) is 11.5 Å². The molecule has 192 valence electrons. The number of aromatic nitrogens is 2. The van der Waals surface area contributed by atoms with Crippen LogP contribution in [0.4, 0.5) is 9.18 Å². The number of aryl methyl sites for hydroxylation is 2. The van der Waals surface area contributed by atoms with Crippen molar-refractivity contribution in [3.63, 3.8) is 0 Å². The third kappa shape index (κ3) is 4.68. The number of urea groups is 1. The van der Waals surface area contributed by atoms with Crippen LogP contribution in [-0.4, -0.2) is 26.6 Å². The van der Waals surface area contributed by atoms with Crippen molar-refractivity contribution in [1.82, 2.24) is 20.0 Å². The lowest BCUT2D eigenvalue weighted by Crippen LogP contribution is -2.30. The summed E-state index contributed by atoms with van der Waals surface area (Å²) in [5, 5.41) is 5.85. The van der Waals surface area contributed by atoms with Crippen molar-refractivity contribution in [2.75, 3.05) is 0 Å². The molecule has 8 heteroatoms. The van der Waals surface area contributed by atoms with Crippen LogP contribution < -0.4 is 10.9 Å². The van der Waals surface area contributed by atoms with Gasteiger partial charge in [0.2, 0.25) is 0 Å². The number of hydrogen-bond donors (Lipinski definition) is 2. The van der Waals surface area contributed by atoms with Gasteiger partial charge < -0.3 is 5.32 Å². The minimum Gasteiger partial charge on any atom is -0.303 e. The quantitative estimate of drug-likeness (QED) is 0.285. The van der Waals surface area contributed by atoms with E-state index in [1.54, 1.807) is 0 Å². The highest BCUT2D eigenvalue weighted by Gasteiger charge is 2.34. The Kier molecular flexibility index (Phi) is 6.55. The summed E-state index contributed by atoms with van der Waals surface area (Å²) in [5.74, 6) is -0.958. The summed E-state index contributed by atoms with van der Waals surface area (Å²) in [6, 6.07) is 18.6. The average Bonchev–Trinajstić information content (AvgIpc) is 3.34. The number of rotatable bonds is 6. The summed E-state index contributed by atoms with van der Waals surface area (Å²) in [7, 11) is 0. The molecule has 7 nitrogen and oxygen atoms in total. The molecule has 1 saturated heterocycles. The molecule has 2 heterocycles. The van der Waals surface area contributed by atoms with Crippen LogP contribution in [-0.2, 0) is 17.8 Å². The van der Waals surface area contributed by atoms with E-state index in [0.717, 1.165) is 27.2 Å². The number of hydrogen-bond acceptors (Lipinski definition) is 3. The summed E-state index contributed by atoms with van der Waals surface area (Å²) >= 11 is 0. The van der Waals surface area contributed by atoms with E-state index >= 15 is 0 Å². The summed E-state index contributed by atoms with van der Waals surface area (Å²) < 4.78 is 14.8. The zero-order valence-corrected chi connectivity index (χ0v) is 21.3. The van der Waals surface area contributed by atoms with Gasteiger partial charge in [-0.25, -0.2) is 13.9 Å². The van der Waals surface area contributed by atoms with Gasteiger partial charge in [0.15, 0.2) is 0 Å². The highest BCUT2D eigenvalue weighted by molar-refractivity contribution is 6.13. The molecule has 0 bridgehead atoms. The van der Waals surface area contributed by atoms with Gasteiger partial charge in [0.05, 0.1) is 17.8 Å². The lowest BCUT2D eigenvalue weighted by Gasteiger charge is -2.11. The molecule has 0 unspecified atom stereocenters. The molecule has 0 spiro atoms. The van der Waals surface area contributed by atoms with E-state index in [0.29, 0.717) is 28.9 Å².